The Balaban J connectivity index is 0.000000230. The molecule has 2 aromatic rings. The monoisotopic (exact) mass is 398 g/mol. The lowest BCUT2D eigenvalue weighted by Crippen LogP contribution is -2.17. The largest absolute Gasteiger partial charge is 0.494 e. The van der Waals surface area contributed by atoms with Crippen LogP contribution in [0.1, 0.15) is 49.9 Å². The van der Waals surface area contributed by atoms with Gasteiger partial charge in [0.05, 0.1) is 12.3 Å². The summed E-state index contributed by atoms with van der Waals surface area (Å²) in [5, 5.41) is 0. The summed E-state index contributed by atoms with van der Waals surface area (Å²) in [6.07, 6.45) is 8.61. The van der Waals surface area contributed by atoms with E-state index in [1.54, 1.807) is 11.2 Å². The van der Waals surface area contributed by atoms with E-state index in [1.165, 1.54) is 16.8 Å². The van der Waals surface area contributed by atoms with Crippen molar-refractivity contribution >= 4 is 6.41 Å². The van der Waals surface area contributed by atoms with Crippen LogP contribution in [0, 0.1) is 0 Å². The van der Waals surface area contributed by atoms with Crippen molar-refractivity contribution in [2.75, 3.05) is 26.7 Å². The highest BCUT2D eigenvalue weighted by Gasteiger charge is 2.17. The van der Waals surface area contributed by atoms with Gasteiger partial charge in [0.15, 0.2) is 0 Å². The smallest absolute Gasteiger partial charge is 0.209 e. The first kappa shape index (κ1) is 22.8. The fourth-order valence-corrected chi connectivity index (χ4v) is 3.14. The number of nitrogens with zero attached hydrogens (tertiary/aromatic N) is 4. The molecule has 158 valence electrons. The molecule has 29 heavy (non-hydrogen) atoms. The predicted molar refractivity (Wildman–Crippen MR) is 116 cm³/mol. The van der Waals surface area contributed by atoms with Gasteiger partial charge in [-0.3, -0.25) is 9.69 Å². The van der Waals surface area contributed by atoms with Crippen molar-refractivity contribution in [2.45, 2.75) is 52.6 Å². The Bertz CT molecular complexity index is 713. The summed E-state index contributed by atoms with van der Waals surface area (Å²) in [5.74, 6) is 0.958. The maximum absolute atomic E-state index is 10.4. The van der Waals surface area contributed by atoms with Crippen LogP contribution >= 0.6 is 0 Å². The van der Waals surface area contributed by atoms with Crippen LogP contribution in [-0.4, -0.2) is 52.9 Å². The van der Waals surface area contributed by atoms with E-state index in [4.69, 9.17) is 4.74 Å². The molecule has 6 nitrogen and oxygen atoms in total. The Morgan fingerprint density at radius 1 is 1.24 bits per heavy atom. The molecule has 0 fully saturated rings. The molecule has 2 heterocycles. The van der Waals surface area contributed by atoms with Gasteiger partial charge in [0, 0.05) is 38.4 Å². The van der Waals surface area contributed by atoms with Gasteiger partial charge in [-0.05, 0) is 49.9 Å². The zero-order chi connectivity index (χ0) is 20.9. The number of carbonyl (C=O) groups is 1. The topological polar surface area (TPSA) is 58.6 Å². The molecule has 0 aliphatic carbocycles. The van der Waals surface area contributed by atoms with Crippen molar-refractivity contribution in [3.05, 3.63) is 53.6 Å². The number of amides is 1. The molecule has 0 saturated heterocycles. The van der Waals surface area contributed by atoms with Crippen molar-refractivity contribution < 1.29 is 9.53 Å². The minimum absolute atomic E-state index is 0.771. The lowest BCUT2D eigenvalue weighted by Gasteiger charge is -2.10. The van der Waals surface area contributed by atoms with Crippen molar-refractivity contribution in [1.29, 1.82) is 0 Å². The van der Waals surface area contributed by atoms with E-state index in [-0.39, 0.29) is 0 Å². The molecule has 0 atom stereocenters. The van der Waals surface area contributed by atoms with Crippen LogP contribution in [0.2, 0.25) is 0 Å². The molecule has 1 amide bonds. The second-order valence-electron chi connectivity index (χ2n) is 7.34. The molecular weight excluding hydrogens is 364 g/mol. The SMILES string of the molecule is CCCOc1cccc(CCCCN(C)C=O)c1.CCN1Cc2cncnc2C1. The zero-order valence-electron chi connectivity index (χ0n) is 18.0. The Hall–Kier alpha value is -2.47. The minimum Gasteiger partial charge on any atom is -0.494 e. The average molecular weight is 399 g/mol. The van der Waals surface area contributed by atoms with E-state index in [2.05, 4.69) is 40.8 Å². The van der Waals surface area contributed by atoms with Crippen LogP contribution in [0.15, 0.2) is 36.8 Å². The van der Waals surface area contributed by atoms with Crippen LogP contribution in [0.4, 0.5) is 0 Å². The molecule has 6 heteroatoms. The molecule has 1 aromatic carbocycles. The molecule has 0 saturated carbocycles. The molecule has 1 aliphatic rings. The van der Waals surface area contributed by atoms with Crippen molar-refractivity contribution in [2.24, 2.45) is 0 Å². The van der Waals surface area contributed by atoms with Gasteiger partial charge < -0.3 is 9.64 Å². The second-order valence-corrected chi connectivity index (χ2v) is 7.34. The highest BCUT2D eigenvalue weighted by molar-refractivity contribution is 5.46. The van der Waals surface area contributed by atoms with Gasteiger partial charge in [0.1, 0.15) is 12.1 Å². The quantitative estimate of drug-likeness (QED) is 0.451. The number of hydrogen-bond acceptors (Lipinski definition) is 5. The number of hydrogen-bond donors (Lipinski definition) is 0. The highest BCUT2D eigenvalue weighted by Crippen LogP contribution is 2.18. The molecule has 1 aromatic heterocycles. The fraction of sp³-hybridized carbons (Fsp3) is 0.522. The third kappa shape index (κ3) is 8.20. The lowest BCUT2D eigenvalue weighted by atomic mass is 10.1. The summed E-state index contributed by atoms with van der Waals surface area (Å²) in [7, 11) is 1.81. The van der Waals surface area contributed by atoms with Crippen LogP contribution in [-0.2, 0) is 24.3 Å². The first-order chi connectivity index (χ1) is 14.2. The van der Waals surface area contributed by atoms with Gasteiger partial charge >= 0.3 is 0 Å². The summed E-state index contributed by atoms with van der Waals surface area (Å²) >= 11 is 0. The molecule has 1 aliphatic heterocycles. The molecule has 0 radical (unpaired) electrons. The number of benzene rings is 1. The predicted octanol–water partition coefficient (Wildman–Crippen LogP) is 3.70. The summed E-state index contributed by atoms with van der Waals surface area (Å²) < 4.78 is 5.60. The van der Waals surface area contributed by atoms with Crippen LogP contribution in [0.25, 0.3) is 0 Å². The summed E-state index contributed by atoms with van der Waals surface area (Å²) in [6, 6.07) is 8.28. The number of carbonyl (C=O) groups excluding carboxylic acids is 1. The third-order valence-corrected chi connectivity index (χ3v) is 4.87. The van der Waals surface area contributed by atoms with E-state index in [0.29, 0.717) is 0 Å². The van der Waals surface area contributed by atoms with E-state index >= 15 is 0 Å². The van der Waals surface area contributed by atoms with Gasteiger partial charge in [-0.2, -0.15) is 0 Å². The number of unbranched alkanes of at least 4 members (excludes halogenated alkanes) is 1. The molecule has 0 N–H and O–H groups in total. The standard InChI is InChI=1S/C15H23NO2.C8H11N3/c1-3-11-18-15-9-6-8-14(12-15)7-4-5-10-16(2)13-17;1-2-11-4-7-3-9-6-10-8(7)5-11/h6,8-9,12-13H,3-5,7,10-11H2,1-2H3;3,6H,2,4-5H2,1H3. The van der Waals surface area contributed by atoms with Crippen molar-refractivity contribution in [3.8, 4) is 5.75 Å². The van der Waals surface area contributed by atoms with Crippen LogP contribution in [0.5, 0.6) is 5.75 Å². The highest BCUT2D eigenvalue weighted by atomic mass is 16.5. The number of rotatable bonds is 10. The van der Waals surface area contributed by atoms with Crippen LogP contribution < -0.4 is 4.74 Å². The molecule has 0 spiro atoms. The van der Waals surface area contributed by atoms with Gasteiger partial charge in [0.25, 0.3) is 0 Å². The van der Waals surface area contributed by atoms with E-state index in [0.717, 1.165) is 70.6 Å². The van der Waals surface area contributed by atoms with Gasteiger partial charge in [-0.15, -0.1) is 0 Å². The Morgan fingerprint density at radius 3 is 2.83 bits per heavy atom. The Kier molecular flexibility index (Phi) is 10.1. The van der Waals surface area contributed by atoms with Crippen molar-refractivity contribution in [1.82, 2.24) is 19.8 Å². The number of ether oxygens (including phenoxy) is 1. The number of fused-ring (bicyclic) bond motifs is 1. The van der Waals surface area contributed by atoms with E-state index < -0.39 is 0 Å². The number of aromatic nitrogens is 2. The summed E-state index contributed by atoms with van der Waals surface area (Å²) in [4.78, 5) is 22.6. The van der Waals surface area contributed by atoms with E-state index in [9.17, 15) is 4.79 Å². The molecule has 0 bridgehead atoms. The molecule has 3 rings (SSSR count). The Labute approximate surface area is 174 Å². The Morgan fingerprint density at radius 2 is 2.10 bits per heavy atom. The summed E-state index contributed by atoms with van der Waals surface area (Å²) in [5.41, 5.74) is 3.79. The van der Waals surface area contributed by atoms with Gasteiger partial charge in [-0.25, -0.2) is 9.97 Å². The number of aryl methyl sites for hydroxylation is 1. The normalized spacial score (nSPS) is 12.7. The van der Waals surface area contributed by atoms with Gasteiger partial charge in [0.2, 0.25) is 6.41 Å². The second kappa shape index (κ2) is 12.9. The first-order valence-corrected chi connectivity index (χ1v) is 10.5. The van der Waals surface area contributed by atoms with E-state index in [1.807, 2.05) is 25.4 Å². The maximum Gasteiger partial charge on any atom is 0.209 e. The first-order valence-electron chi connectivity index (χ1n) is 10.5. The zero-order valence-corrected chi connectivity index (χ0v) is 18.0. The van der Waals surface area contributed by atoms with Crippen LogP contribution in [0.3, 0.4) is 0 Å². The van der Waals surface area contributed by atoms with Crippen molar-refractivity contribution in [3.63, 3.8) is 0 Å². The maximum atomic E-state index is 10.4. The molecular formula is C23H34N4O2. The fourth-order valence-electron chi connectivity index (χ4n) is 3.14. The lowest BCUT2D eigenvalue weighted by molar-refractivity contribution is -0.117. The summed E-state index contributed by atoms with van der Waals surface area (Å²) in [6.45, 7) is 8.98. The third-order valence-electron chi connectivity index (χ3n) is 4.87. The minimum atomic E-state index is 0.771. The molecule has 0 unspecified atom stereocenters. The average Bonchev–Trinajstić information content (AvgIpc) is 3.19. The van der Waals surface area contributed by atoms with Gasteiger partial charge in [-0.1, -0.05) is 26.0 Å².